The summed E-state index contributed by atoms with van der Waals surface area (Å²) in [6.45, 7) is 3.16. The Morgan fingerprint density at radius 3 is 1.64 bits per heavy atom. The maximum atomic E-state index is 12.3. The summed E-state index contributed by atoms with van der Waals surface area (Å²) in [7, 11) is 0. The highest BCUT2D eigenvalue weighted by Crippen LogP contribution is 2.42. The van der Waals surface area contributed by atoms with E-state index in [1.807, 2.05) is 159 Å². The van der Waals surface area contributed by atoms with E-state index >= 15 is 0 Å². The molecule has 0 aliphatic carbocycles. The molecule has 7 unspecified atom stereocenters. The SMILES string of the molecule is CC1O[C@@H](OC2C(O)[C@H]3OC(c4ccccc4)OCC3O[C@H]2Sc2ccccc2)C(OCc2ccccc2)C(OCc2ccccc2)[C@@H]1OCc1ccccc1. The van der Waals surface area contributed by atoms with Gasteiger partial charge in [0.1, 0.15) is 48.2 Å². The van der Waals surface area contributed by atoms with Crippen molar-refractivity contribution in [2.45, 2.75) is 98.5 Å². The number of thioether (sulfide) groups is 1. The Balaban J connectivity index is 1.10. The predicted octanol–water partition coefficient (Wildman–Crippen LogP) is 7.86. The molecule has 292 valence electrons. The molecule has 0 saturated carbocycles. The Labute approximate surface area is 332 Å². The molecule has 0 radical (unpaired) electrons. The molecule has 1 N–H and O–H groups in total. The summed E-state index contributed by atoms with van der Waals surface area (Å²) >= 11 is 1.47. The van der Waals surface area contributed by atoms with Crippen molar-refractivity contribution in [3.8, 4) is 0 Å². The van der Waals surface area contributed by atoms with Crippen LogP contribution >= 0.6 is 11.8 Å². The van der Waals surface area contributed by atoms with Crippen LogP contribution in [-0.4, -0.2) is 72.3 Å². The number of ether oxygens (including phenoxy) is 8. The summed E-state index contributed by atoms with van der Waals surface area (Å²) in [6, 6.07) is 49.7. The summed E-state index contributed by atoms with van der Waals surface area (Å²) in [5.74, 6) is 0. The highest BCUT2D eigenvalue weighted by molar-refractivity contribution is 7.99. The number of hydrogen-bond acceptors (Lipinski definition) is 10. The first-order chi connectivity index (χ1) is 27.6. The van der Waals surface area contributed by atoms with Crippen LogP contribution in [0.1, 0.15) is 35.5 Å². The van der Waals surface area contributed by atoms with Crippen LogP contribution in [0.2, 0.25) is 0 Å². The standard InChI is InChI=1S/C46H48O9S/c1-31-39(48-27-32-17-7-2-8-18-32)42(49-28-33-19-9-3-10-20-33)43(50-29-34-21-11-4-12-22-34)45(52-31)55-41-38(47)40-37(53-46(41)56-36-25-15-6-16-26-36)30-51-44(54-40)35-23-13-5-14-24-35/h2-26,31,37-47H,27-30H2,1H3/t31?,37?,38?,39-,40+,41?,42?,43?,44?,45+,46+/m1/s1. The number of benzene rings is 5. The smallest absolute Gasteiger partial charge is 0.187 e. The predicted molar refractivity (Wildman–Crippen MR) is 211 cm³/mol. The van der Waals surface area contributed by atoms with Gasteiger partial charge in [0.15, 0.2) is 12.6 Å². The van der Waals surface area contributed by atoms with Crippen LogP contribution in [-0.2, 0) is 57.7 Å². The molecule has 0 amide bonds. The number of fused-ring (bicyclic) bond motifs is 1. The van der Waals surface area contributed by atoms with Gasteiger partial charge >= 0.3 is 0 Å². The molecule has 8 rings (SSSR count). The van der Waals surface area contributed by atoms with E-state index in [1.54, 1.807) is 0 Å². The second-order valence-electron chi connectivity index (χ2n) is 14.2. The molecule has 0 spiro atoms. The Morgan fingerprint density at radius 2 is 1.07 bits per heavy atom. The molecule has 10 heteroatoms. The van der Waals surface area contributed by atoms with Crippen LogP contribution in [0.25, 0.3) is 0 Å². The summed E-state index contributed by atoms with van der Waals surface area (Å²) in [4.78, 5) is 0.963. The number of aliphatic hydroxyl groups is 1. The van der Waals surface area contributed by atoms with Gasteiger partial charge in [0, 0.05) is 10.5 Å². The lowest BCUT2D eigenvalue weighted by atomic mass is 9.96. The second kappa shape index (κ2) is 19.0. The maximum absolute atomic E-state index is 12.3. The number of hydrogen-bond donors (Lipinski definition) is 1. The summed E-state index contributed by atoms with van der Waals surface area (Å²) in [5.41, 5.74) is 3.25. The topological polar surface area (TPSA) is 94.1 Å². The lowest BCUT2D eigenvalue weighted by Gasteiger charge is -2.50. The highest BCUT2D eigenvalue weighted by Gasteiger charge is 2.54. The quantitative estimate of drug-likeness (QED) is 0.120. The fraction of sp³-hybridized carbons (Fsp3) is 0.348. The second-order valence-corrected chi connectivity index (χ2v) is 15.4. The Hall–Kier alpha value is -3.91. The van der Waals surface area contributed by atoms with E-state index in [4.69, 9.17) is 37.9 Å². The third kappa shape index (κ3) is 9.61. The van der Waals surface area contributed by atoms with Crippen molar-refractivity contribution in [3.63, 3.8) is 0 Å². The molecule has 3 saturated heterocycles. The van der Waals surface area contributed by atoms with Crippen LogP contribution in [0.3, 0.4) is 0 Å². The molecule has 56 heavy (non-hydrogen) atoms. The molecule has 5 aromatic rings. The Kier molecular flexibility index (Phi) is 13.2. The molecule has 5 aromatic carbocycles. The van der Waals surface area contributed by atoms with Crippen molar-refractivity contribution in [3.05, 3.63) is 174 Å². The van der Waals surface area contributed by atoms with Crippen LogP contribution in [0.15, 0.2) is 157 Å². The van der Waals surface area contributed by atoms with Crippen molar-refractivity contribution in [2.75, 3.05) is 6.61 Å². The van der Waals surface area contributed by atoms with Gasteiger partial charge in [-0.05, 0) is 35.7 Å². The van der Waals surface area contributed by atoms with Crippen molar-refractivity contribution in [2.24, 2.45) is 0 Å². The average molecular weight is 777 g/mol. The van der Waals surface area contributed by atoms with Crippen molar-refractivity contribution >= 4 is 11.8 Å². The normalized spacial score (nSPS) is 30.4. The zero-order chi connectivity index (χ0) is 38.1. The Bertz CT molecular complexity index is 1890. The molecule has 0 aromatic heterocycles. The molecular weight excluding hydrogens is 729 g/mol. The average Bonchev–Trinajstić information content (AvgIpc) is 3.25. The van der Waals surface area contributed by atoms with Gasteiger partial charge in [-0.1, -0.05) is 151 Å². The van der Waals surface area contributed by atoms with Crippen molar-refractivity contribution in [1.82, 2.24) is 0 Å². The van der Waals surface area contributed by atoms with E-state index in [2.05, 4.69) is 0 Å². The van der Waals surface area contributed by atoms with Gasteiger partial charge in [-0.15, -0.1) is 0 Å². The summed E-state index contributed by atoms with van der Waals surface area (Å²) < 4.78 is 53.3. The zero-order valence-electron chi connectivity index (χ0n) is 31.2. The maximum Gasteiger partial charge on any atom is 0.187 e. The van der Waals surface area contributed by atoms with Crippen molar-refractivity contribution in [1.29, 1.82) is 0 Å². The Morgan fingerprint density at radius 1 is 0.571 bits per heavy atom. The molecule has 3 aliphatic rings. The molecule has 0 bridgehead atoms. The van der Waals surface area contributed by atoms with E-state index in [-0.39, 0.29) is 13.2 Å². The summed E-state index contributed by atoms with van der Waals surface area (Å²) in [6.07, 6.45) is -7.28. The highest BCUT2D eigenvalue weighted by atomic mass is 32.2. The molecule has 11 atom stereocenters. The van der Waals surface area contributed by atoms with Crippen molar-refractivity contribution < 1.29 is 43.0 Å². The lowest BCUT2D eigenvalue weighted by Crippen LogP contribution is -2.65. The summed E-state index contributed by atoms with van der Waals surface area (Å²) in [5, 5.41) is 12.3. The van der Waals surface area contributed by atoms with E-state index in [0.717, 1.165) is 27.1 Å². The molecule has 3 heterocycles. The minimum Gasteiger partial charge on any atom is -0.387 e. The first kappa shape index (κ1) is 38.9. The molecule has 3 fully saturated rings. The monoisotopic (exact) mass is 776 g/mol. The van der Waals surface area contributed by atoms with Crippen LogP contribution < -0.4 is 0 Å². The fourth-order valence-electron chi connectivity index (χ4n) is 7.35. The van der Waals surface area contributed by atoms with Gasteiger partial charge < -0.3 is 43.0 Å². The third-order valence-corrected chi connectivity index (χ3v) is 11.4. The van der Waals surface area contributed by atoms with E-state index in [1.165, 1.54) is 11.8 Å². The molecule has 9 nitrogen and oxygen atoms in total. The fourth-order valence-corrected chi connectivity index (χ4v) is 8.49. The van der Waals surface area contributed by atoms with Crippen LogP contribution in [0, 0.1) is 0 Å². The van der Waals surface area contributed by atoms with E-state index in [0.29, 0.717) is 13.2 Å². The minimum atomic E-state index is -1.10. The number of aliphatic hydroxyl groups excluding tert-OH is 1. The van der Waals surface area contributed by atoms with Gasteiger partial charge in [0.25, 0.3) is 0 Å². The van der Waals surface area contributed by atoms with Gasteiger partial charge in [0.05, 0.1) is 32.5 Å². The largest absolute Gasteiger partial charge is 0.387 e. The lowest BCUT2D eigenvalue weighted by molar-refractivity contribution is -0.364. The van der Waals surface area contributed by atoms with Gasteiger partial charge in [0.2, 0.25) is 0 Å². The third-order valence-electron chi connectivity index (χ3n) is 10.3. The van der Waals surface area contributed by atoms with Crippen LogP contribution in [0.5, 0.6) is 0 Å². The first-order valence-electron chi connectivity index (χ1n) is 19.2. The van der Waals surface area contributed by atoms with E-state index < -0.39 is 66.8 Å². The number of rotatable bonds is 14. The van der Waals surface area contributed by atoms with E-state index in [9.17, 15) is 5.11 Å². The molecule has 3 aliphatic heterocycles. The first-order valence-corrected chi connectivity index (χ1v) is 20.1. The van der Waals surface area contributed by atoms with Crippen LogP contribution in [0.4, 0.5) is 0 Å². The molecular formula is C46H48O9S. The zero-order valence-corrected chi connectivity index (χ0v) is 32.1. The van der Waals surface area contributed by atoms with Gasteiger partial charge in [-0.3, -0.25) is 0 Å². The minimum absolute atomic E-state index is 0.246. The van der Waals surface area contributed by atoms with Gasteiger partial charge in [-0.2, -0.15) is 0 Å². The van der Waals surface area contributed by atoms with Gasteiger partial charge in [-0.25, -0.2) is 0 Å².